The molecule has 0 atom stereocenters. The summed E-state index contributed by atoms with van der Waals surface area (Å²) in [4.78, 5) is 17.2. The average molecular weight is 474 g/mol. The first kappa shape index (κ1) is 23.6. The Balaban J connectivity index is 1.24. The van der Waals surface area contributed by atoms with E-state index in [-0.39, 0.29) is 12.4 Å². The Hall–Kier alpha value is -3.13. The van der Waals surface area contributed by atoms with Crippen LogP contribution in [0.4, 0.5) is 4.39 Å². The monoisotopic (exact) mass is 473 g/mol. The lowest BCUT2D eigenvalue weighted by Gasteiger charge is -2.34. The highest BCUT2D eigenvalue weighted by molar-refractivity contribution is 5.82. The van der Waals surface area contributed by atoms with Crippen molar-refractivity contribution in [2.75, 3.05) is 39.3 Å². The summed E-state index contributed by atoms with van der Waals surface area (Å²) in [5.74, 6) is 0.563. The van der Waals surface area contributed by atoms with Gasteiger partial charge in [-0.25, -0.2) is 14.4 Å². The first-order chi connectivity index (χ1) is 17.1. The summed E-state index contributed by atoms with van der Waals surface area (Å²) < 4.78 is 15.0. The van der Waals surface area contributed by atoms with Crippen LogP contribution in [0, 0.1) is 12.7 Å². The Morgan fingerprint density at radius 1 is 0.971 bits per heavy atom. The zero-order valence-electron chi connectivity index (χ0n) is 20.2. The van der Waals surface area contributed by atoms with Crippen LogP contribution in [0.15, 0.2) is 54.7 Å². The summed E-state index contributed by atoms with van der Waals surface area (Å²) in [6.45, 7) is 7.86. The maximum absolute atomic E-state index is 15.0. The van der Waals surface area contributed by atoms with E-state index in [2.05, 4.69) is 44.0 Å². The second kappa shape index (κ2) is 10.6. The predicted molar refractivity (Wildman–Crippen MR) is 136 cm³/mol. The number of aliphatic hydroxyl groups is 1. The molecule has 0 radical (unpaired) electrons. The molecule has 2 N–H and O–H groups in total. The van der Waals surface area contributed by atoms with Gasteiger partial charge in [0.05, 0.1) is 6.61 Å². The summed E-state index contributed by atoms with van der Waals surface area (Å²) in [5, 5.41) is 9.76. The van der Waals surface area contributed by atoms with Gasteiger partial charge >= 0.3 is 0 Å². The highest BCUT2D eigenvalue weighted by Gasteiger charge is 2.16. The molecule has 1 aliphatic heterocycles. The first-order valence-electron chi connectivity index (χ1n) is 12.3. The maximum Gasteiger partial charge on any atom is 0.136 e. The van der Waals surface area contributed by atoms with Crippen molar-refractivity contribution in [1.29, 1.82) is 0 Å². The highest BCUT2D eigenvalue weighted by atomic mass is 19.1. The summed E-state index contributed by atoms with van der Waals surface area (Å²) in [6.07, 6.45) is 2.85. The Morgan fingerprint density at radius 2 is 1.77 bits per heavy atom. The van der Waals surface area contributed by atoms with Crippen molar-refractivity contribution in [1.82, 2.24) is 24.8 Å². The van der Waals surface area contributed by atoms with Gasteiger partial charge in [0.15, 0.2) is 0 Å². The summed E-state index contributed by atoms with van der Waals surface area (Å²) in [5.41, 5.74) is 5.69. The van der Waals surface area contributed by atoms with Crippen molar-refractivity contribution in [2.45, 2.75) is 26.3 Å². The lowest BCUT2D eigenvalue weighted by atomic mass is 10.1. The molecule has 7 heteroatoms. The topological polar surface area (TPSA) is 68.3 Å². The standard InChI is InChI=1S/C28H32FN5O/c1-20-15-25-26(31-20)6-5-23(28(25)29)18-24-7-8-30-27(32-24)17-21-3-2-4-22(16-21)19-34-11-9-33(10-12-34)13-14-35/h2-8,15-16,31,35H,9-14,17-19H2,1H3. The van der Waals surface area contributed by atoms with Gasteiger partial charge in [-0.05, 0) is 41.8 Å². The number of aromatic nitrogens is 3. The molecule has 35 heavy (non-hydrogen) atoms. The van der Waals surface area contributed by atoms with E-state index in [1.165, 1.54) is 11.1 Å². The van der Waals surface area contributed by atoms with Gasteiger partial charge in [0, 0.05) is 80.6 Å². The molecule has 0 aliphatic carbocycles. The fourth-order valence-corrected chi connectivity index (χ4v) is 4.90. The van der Waals surface area contributed by atoms with E-state index < -0.39 is 0 Å². The number of aliphatic hydroxyl groups excluding tert-OH is 1. The lowest BCUT2D eigenvalue weighted by molar-refractivity contribution is 0.108. The number of nitrogens with zero attached hydrogens (tertiary/aromatic N) is 4. The average Bonchev–Trinajstić information content (AvgIpc) is 3.24. The van der Waals surface area contributed by atoms with Gasteiger partial charge in [0.1, 0.15) is 11.6 Å². The second-order valence-corrected chi connectivity index (χ2v) is 9.43. The fourth-order valence-electron chi connectivity index (χ4n) is 4.90. The zero-order valence-corrected chi connectivity index (χ0v) is 20.2. The van der Waals surface area contributed by atoms with Crippen LogP contribution < -0.4 is 0 Å². The van der Waals surface area contributed by atoms with E-state index in [1.54, 1.807) is 6.20 Å². The minimum atomic E-state index is -0.183. The molecular weight excluding hydrogens is 441 g/mol. The molecule has 5 rings (SSSR count). The number of benzene rings is 2. The van der Waals surface area contributed by atoms with E-state index in [1.807, 2.05) is 31.2 Å². The minimum Gasteiger partial charge on any atom is -0.395 e. The third-order valence-electron chi connectivity index (χ3n) is 6.73. The van der Waals surface area contributed by atoms with Crippen molar-refractivity contribution < 1.29 is 9.50 Å². The third-order valence-corrected chi connectivity index (χ3v) is 6.73. The molecule has 0 bridgehead atoms. The molecule has 1 fully saturated rings. The van der Waals surface area contributed by atoms with Gasteiger partial charge < -0.3 is 10.1 Å². The lowest BCUT2D eigenvalue weighted by Crippen LogP contribution is -2.46. The van der Waals surface area contributed by atoms with Gasteiger partial charge in [-0.1, -0.05) is 30.3 Å². The summed E-state index contributed by atoms with van der Waals surface area (Å²) in [7, 11) is 0. The number of aromatic amines is 1. The Labute approximate surface area is 205 Å². The van der Waals surface area contributed by atoms with Crippen molar-refractivity contribution in [2.24, 2.45) is 0 Å². The van der Waals surface area contributed by atoms with Gasteiger partial charge in [0.2, 0.25) is 0 Å². The van der Waals surface area contributed by atoms with Gasteiger partial charge in [-0.15, -0.1) is 0 Å². The Bertz CT molecular complexity index is 1300. The third kappa shape index (κ3) is 5.75. The number of aryl methyl sites for hydroxylation is 1. The number of hydrogen-bond acceptors (Lipinski definition) is 5. The van der Waals surface area contributed by atoms with Crippen LogP contribution in [0.3, 0.4) is 0 Å². The molecule has 0 unspecified atom stereocenters. The van der Waals surface area contributed by atoms with E-state index in [9.17, 15) is 0 Å². The van der Waals surface area contributed by atoms with E-state index in [0.29, 0.717) is 23.8 Å². The van der Waals surface area contributed by atoms with Crippen molar-refractivity contribution in [3.63, 3.8) is 0 Å². The number of hydrogen-bond donors (Lipinski definition) is 2. The SMILES string of the molecule is Cc1cc2c(F)c(Cc3ccnc(Cc4cccc(CN5CCN(CCO)CC5)c4)n3)ccc2[nH]1. The molecular formula is C28H32FN5O. The zero-order chi connectivity index (χ0) is 24.2. The first-order valence-corrected chi connectivity index (χ1v) is 12.3. The number of β-amino-alcohol motifs (C(OH)–C–C–N with tert-alkyl or cyclic N) is 1. The second-order valence-electron chi connectivity index (χ2n) is 9.43. The number of fused-ring (bicyclic) bond motifs is 1. The van der Waals surface area contributed by atoms with Gasteiger partial charge in [0.25, 0.3) is 0 Å². The molecule has 0 spiro atoms. The molecule has 0 saturated carbocycles. The van der Waals surface area contributed by atoms with Crippen molar-refractivity contribution in [3.05, 3.63) is 94.4 Å². The van der Waals surface area contributed by atoms with Gasteiger partial charge in [-0.3, -0.25) is 9.80 Å². The van der Waals surface area contributed by atoms with Crippen LogP contribution in [0.1, 0.15) is 33.9 Å². The number of rotatable bonds is 8. The molecule has 182 valence electrons. The molecule has 4 aromatic rings. The van der Waals surface area contributed by atoms with Crippen molar-refractivity contribution >= 4 is 10.9 Å². The molecule has 6 nitrogen and oxygen atoms in total. The molecule has 2 aromatic carbocycles. The summed E-state index contributed by atoms with van der Waals surface area (Å²) in [6, 6.07) is 16.1. The molecule has 3 heterocycles. The minimum absolute atomic E-state index is 0.183. The van der Waals surface area contributed by atoms with Crippen LogP contribution in [-0.4, -0.2) is 69.2 Å². The van der Waals surface area contributed by atoms with Crippen LogP contribution in [0.2, 0.25) is 0 Å². The van der Waals surface area contributed by atoms with Crippen LogP contribution in [0.25, 0.3) is 10.9 Å². The van der Waals surface area contributed by atoms with Gasteiger partial charge in [-0.2, -0.15) is 0 Å². The summed E-state index contributed by atoms with van der Waals surface area (Å²) >= 11 is 0. The highest BCUT2D eigenvalue weighted by Crippen LogP contribution is 2.23. The Morgan fingerprint density at radius 3 is 2.60 bits per heavy atom. The maximum atomic E-state index is 15.0. The van der Waals surface area contributed by atoms with E-state index in [4.69, 9.17) is 10.1 Å². The smallest absolute Gasteiger partial charge is 0.136 e. The number of piperazine rings is 1. The normalized spacial score (nSPS) is 15.2. The van der Waals surface area contributed by atoms with Crippen LogP contribution in [-0.2, 0) is 19.4 Å². The van der Waals surface area contributed by atoms with E-state index >= 15 is 4.39 Å². The van der Waals surface area contributed by atoms with Crippen molar-refractivity contribution in [3.8, 4) is 0 Å². The molecule has 1 saturated heterocycles. The fraction of sp³-hybridized carbons (Fsp3) is 0.357. The Kier molecular flexibility index (Phi) is 7.18. The number of H-pyrrole nitrogens is 1. The molecule has 2 aromatic heterocycles. The molecule has 1 aliphatic rings. The number of halogens is 1. The van der Waals surface area contributed by atoms with Crippen LogP contribution in [0.5, 0.6) is 0 Å². The number of nitrogens with one attached hydrogen (secondary N) is 1. The molecule has 0 amide bonds. The quantitative estimate of drug-likeness (QED) is 0.409. The van der Waals surface area contributed by atoms with Crippen LogP contribution >= 0.6 is 0 Å². The largest absolute Gasteiger partial charge is 0.395 e. The van der Waals surface area contributed by atoms with E-state index in [0.717, 1.165) is 62.0 Å². The predicted octanol–water partition coefficient (Wildman–Crippen LogP) is 3.70.